The third kappa shape index (κ3) is 3.65. The number of thiophene rings is 1. The van der Waals surface area contributed by atoms with Gasteiger partial charge in [0.25, 0.3) is 0 Å². The molecule has 6 heteroatoms. The Morgan fingerprint density at radius 2 is 1.85 bits per heavy atom. The topological polar surface area (TPSA) is 61.6 Å². The third-order valence-corrected chi connectivity index (χ3v) is 5.81. The van der Waals surface area contributed by atoms with E-state index in [9.17, 15) is 0 Å². The summed E-state index contributed by atoms with van der Waals surface area (Å²) in [6, 6.07) is 16.4. The number of benzene rings is 2. The average Bonchev–Trinajstić information content (AvgIpc) is 3.15. The van der Waals surface area contributed by atoms with Crippen molar-refractivity contribution in [2.75, 3.05) is 5.32 Å². The van der Waals surface area contributed by atoms with Crippen molar-refractivity contribution in [1.82, 2.24) is 9.97 Å². The predicted molar refractivity (Wildman–Crippen MR) is 113 cm³/mol. The summed E-state index contributed by atoms with van der Waals surface area (Å²) in [5.74, 6) is 0.788. The van der Waals surface area contributed by atoms with Crippen LogP contribution in [-0.4, -0.2) is 9.97 Å². The van der Waals surface area contributed by atoms with Crippen LogP contribution < -0.4 is 5.32 Å². The highest BCUT2D eigenvalue weighted by molar-refractivity contribution is 8.03. The van der Waals surface area contributed by atoms with Crippen LogP contribution in [0.25, 0.3) is 21.3 Å². The van der Waals surface area contributed by atoms with Crippen molar-refractivity contribution in [1.29, 1.82) is 5.26 Å². The molecule has 0 saturated carbocycles. The second-order valence-corrected chi connectivity index (χ2v) is 7.66. The molecule has 0 amide bonds. The van der Waals surface area contributed by atoms with Crippen molar-refractivity contribution < 1.29 is 0 Å². The molecule has 0 aliphatic heterocycles. The molecule has 2 heterocycles. The molecule has 0 bridgehead atoms. The van der Waals surface area contributed by atoms with E-state index < -0.39 is 0 Å². The SMILES string of the molecule is CCc1ccc(-c2csc3ncnc(Nc4ccc(SC#N)cc4)c23)cc1. The fourth-order valence-corrected chi connectivity index (χ4v) is 4.19. The highest BCUT2D eigenvalue weighted by Crippen LogP contribution is 2.37. The van der Waals surface area contributed by atoms with Crippen LogP contribution in [0.1, 0.15) is 12.5 Å². The van der Waals surface area contributed by atoms with Crippen molar-refractivity contribution in [2.24, 2.45) is 0 Å². The quantitative estimate of drug-likeness (QED) is 0.324. The molecule has 4 aromatic rings. The molecule has 0 atom stereocenters. The summed E-state index contributed by atoms with van der Waals surface area (Å²) in [5.41, 5.74) is 4.55. The van der Waals surface area contributed by atoms with Gasteiger partial charge in [0, 0.05) is 21.5 Å². The van der Waals surface area contributed by atoms with Gasteiger partial charge in [0.2, 0.25) is 0 Å². The number of thiocyanates is 1. The number of hydrogen-bond donors (Lipinski definition) is 1. The van der Waals surface area contributed by atoms with E-state index in [-0.39, 0.29) is 0 Å². The molecular formula is C21H16N4S2. The Hall–Kier alpha value is -2.88. The van der Waals surface area contributed by atoms with Gasteiger partial charge < -0.3 is 5.32 Å². The van der Waals surface area contributed by atoms with E-state index in [1.165, 1.54) is 5.56 Å². The van der Waals surface area contributed by atoms with Crippen LogP contribution in [0, 0.1) is 10.7 Å². The minimum Gasteiger partial charge on any atom is -0.340 e. The van der Waals surface area contributed by atoms with Crippen LogP contribution in [0.5, 0.6) is 0 Å². The van der Waals surface area contributed by atoms with Crippen LogP contribution in [-0.2, 0) is 6.42 Å². The van der Waals surface area contributed by atoms with E-state index in [0.717, 1.165) is 55.9 Å². The van der Waals surface area contributed by atoms with Gasteiger partial charge in [0.15, 0.2) is 0 Å². The standard InChI is InChI=1S/C21H16N4S2/c1-2-14-3-5-15(6-4-14)18-11-26-21-19(18)20(23-13-24-21)25-16-7-9-17(10-8-16)27-12-22/h3-11,13H,2H2,1H3,(H,23,24,25). The molecule has 4 nitrogen and oxygen atoms in total. The van der Waals surface area contributed by atoms with Gasteiger partial charge in [-0.2, -0.15) is 5.26 Å². The number of rotatable bonds is 5. The first-order chi connectivity index (χ1) is 13.3. The maximum atomic E-state index is 8.77. The third-order valence-electron chi connectivity index (χ3n) is 4.32. The van der Waals surface area contributed by atoms with Crippen LogP contribution in [0.4, 0.5) is 11.5 Å². The predicted octanol–water partition coefficient (Wildman–Crippen LogP) is 6.24. The van der Waals surface area contributed by atoms with Gasteiger partial charge in [-0.1, -0.05) is 31.2 Å². The lowest BCUT2D eigenvalue weighted by Crippen LogP contribution is -1.95. The molecule has 2 aromatic heterocycles. The first-order valence-electron chi connectivity index (χ1n) is 8.53. The molecule has 27 heavy (non-hydrogen) atoms. The lowest BCUT2D eigenvalue weighted by Gasteiger charge is -2.09. The summed E-state index contributed by atoms with van der Waals surface area (Å²) in [6.07, 6.45) is 2.62. The van der Waals surface area contributed by atoms with Crippen molar-refractivity contribution in [3.63, 3.8) is 0 Å². The Bertz CT molecular complexity index is 1110. The maximum Gasteiger partial charge on any atom is 0.143 e. The molecule has 0 radical (unpaired) electrons. The molecule has 132 valence electrons. The highest BCUT2D eigenvalue weighted by Gasteiger charge is 2.13. The number of thioether (sulfide) groups is 1. The van der Waals surface area contributed by atoms with Crippen LogP contribution in [0.15, 0.2) is 65.1 Å². The molecule has 0 unspecified atom stereocenters. The molecule has 0 fully saturated rings. The van der Waals surface area contributed by atoms with Gasteiger partial charge >= 0.3 is 0 Å². The maximum absolute atomic E-state index is 8.77. The lowest BCUT2D eigenvalue weighted by molar-refractivity contribution is 1.14. The van der Waals surface area contributed by atoms with E-state index in [2.05, 4.69) is 57.3 Å². The normalized spacial score (nSPS) is 10.7. The smallest absolute Gasteiger partial charge is 0.143 e. The first-order valence-corrected chi connectivity index (χ1v) is 10.2. The Morgan fingerprint density at radius 1 is 1.07 bits per heavy atom. The minimum atomic E-state index is 0.788. The second kappa shape index (κ2) is 7.78. The Kier molecular flexibility index (Phi) is 5.05. The lowest BCUT2D eigenvalue weighted by atomic mass is 10.0. The number of hydrogen-bond acceptors (Lipinski definition) is 6. The zero-order chi connectivity index (χ0) is 18.6. The molecule has 0 aliphatic rings. The molecule has 0 aliphatic carbocycles. The van der Waals surface area contributed by atoms with Crippen LogP contribution in [0.3, 0.4) is 0 Å². The summed E-state index contributed by atoms with van der Waals surface area (Å²) in [5, 5.41) is 17.4. The molecule has 4 rings (SSSR count). The first kappa shape index (κ1) is 17.5. The summed E-state index contributed by atoms with van der Waals surface area (Å²) >= 11 is 2.77. The second-order valence-electron chi connectivity index (χ2n) is 5.95. The van der Waals surface area contributed by atoms with Crippen molar-refractivity contribution >= 4 is 44.8 Å². The van der Waals surface area contributed by atoms with Crippen molar-refractivity contribution in [2.45, 2.75) is 18.2 Å². The molecule has 1 N–H and O–H groups in total. The van der Waals surface area contributed by atoms with E-state index in [1.54, 1.807) is 17.7 Å². The number of aromatic nitrogens is 2. The summed E-state index contributed by atoms with van der Waals surface area (Å²) in [4.78, 5) is 10.8. The van der Waals surface area contributed by atoms with Gasteiger partial charge in [-0.15, -0.1) is 11.3 Å². The fraction of sp³-hybridized carbons (Fsp3) is 0.0952. The van der Waals surface area contributed by atoms with E-state index >= 15 is 0 Å². The zero-order valence-electron chi connectivity index (χ0n) is 14.6. The molecule has 0 spiro atoms. The summed E-state index contributed by atoms with van der Waals surface area (Å²) in [7, 11) is 0. The number of aryl methyl sites for hydroxylation is 1. The Balaban J connectivity index is 1.72. The van der Waals surface area contributed by atoms with Gasteiger partial charge in [-0.05, 0) is 53.6 Å². The zero-order valence-corrected chi connectivity index (χ0v) is 16.3. The molecule has 0 saturated heterocycles. The van der Waals surface area contributed by atoms with Gasteiger partial charge in [-0.25, -0.2) is 9.97 Å². The highest BCUT2D eigenvalue weighted by atomic mass is 32.2. The summed E-state index contributed by atoms with van der Waals surface area (Å²) in [6.45, 7) is 2.16. The molecular weight excluding hydrogens is 372 g/mol. The van der Waals surface area contributed by atoms with Gasteiger partial charge in [0.1, 0.15) is 22.4 Å². The summed E-state index contributed by atoms with van der Waals surface area (Å²) < 4.78 is 0. The Labute approximate surface area is 165 Å². The number of anilines is 2. The average molecular weight is 389 g/mol. The Morgan fingerprint density at radius 3 is 2.56 bits per heavy atom. The van der Waals surface area contributed by atoms with E-state index in [1.807, 2.05) is 24.3 Å². The van der Waals surface area contributed by atoms with Gasteiger partial charge in [0.05, 0.1) is 5.39 Å². The number of nitrogens with one attached hydrogen (secondary N) is 1. The van der Waals surface area contributed by atoms with Crippen LogP contribution >= 0.6 is 23.1 Å². The number of nitriles is 1. The minimum absolute atomic E-state index is 0.788. The van der Waals surface area contributed by atoms with E-state index in [4.69, 9.17) is 5.26 Å². The van der Waals surface area contributed by atoms with Gasteiger partial charge in [-0.3, -0.25) is 0 Å². The van der Waals surface area contributed by atoms with E-state index in [0.29, 0.717) is 0 Å². The van der Waals surface area contributed by atoms with Crippen molar-refractivity contribution in [3.8, 4) is 16.5 Å². The number of fused-ring (bicyclic) bond motifs is 1. The number of nitrogens with zero attached hydrogens (tertiary/aromatic N) is 3. The fourth-order valence-electron chi connectivity index (χ4n) is 2.90. The largest absolute Gasteiger partial charge is 0.340 e. The molecule has 2 aromatic carbocycles. The van der Waals surface area contributed by atoms with Crippen molar-refractivity contribution in [3.05, 3.63) is 65.8 Å². The monoisotopic (exact) mass is 388 g/mol. The van der Waals surface area contributed by atoms with Crippen LogP contribution in [0.2, 0.25) is 0 Å².